The molecule has 1 saturated carbocycles. The molecule has 1 fully saturated rings. The maximum Gasteiger partial charge on any atom is 0.310 e. The van der Waals surface area contributed by atoms with Gasteiger partial charge in [-0.3, -0.25) is 9.59 Å². The highest BCUT2D eigenvalue weighted by Gasteiger charge is 2.58. The molecular weight excluding hydrogens is 328 g/mol. The van der Waals surface area contributed by atoms with Crippen molar-refractivity contribution in [2.75, 3.05) is 14.2 Å². The Bertz CT molecular complexity index is 742. The van der Waals surface area contributed by atoms with Crippen LogP contribution < -0.4 is 0 Å². The number of aryl methyl sites for hydroxylation is 1. The normalized spacial score (nSPS) is 27.7. The van der Waals surface area contributed by atoms with Crippen LogP contribution in [0.4, 0.5) is 0 Å². The molecular formula is C22H26O4. The molecule has 0 bridgehead atoms. The summed E-state index contributed by atoms with van der Waals surface area (Å²) in [6, 6.07) is 8.15. The molecule has 0 heterocycles. The van der Waals surface area contributed by atoms with Gasteiger partial charge in [0.05, 0.1) is 26.1 Å². The first-order valence-corrected chi connectivity index (χ1v) is 9.05. The van der Waals surface area contributed by atoms with Crippen LogP contribution >= 0.6 is 0 Å². The molecule has 2 aliphatic rings. The van der Waals surface area contributed by atoms with E-state index >= 15 is 0 Å². The molecule has 3 rings (SSSR count). The summed E-state index contributed by atoms with van der Waals surface area (Å²) in [5.41, 5.74) is 2.42. The fourth-order valence-electron chi connectivity index (χ4n) is 4.34. The van der Waals surface area contributed by atoms with Crippen LogP contribution in [-0.2, 0) is 19.1 Å². The van der Waals surface area contributed by atoms with Crippen molar-refractivity contribution >= 4 is 17.5 Å². The van der Waals surface area contributed by atoms with E-state index in [0.717, 1.165) is 29.5 Å². The van der Waals surface area contributed by atoms with E-state index in [9.17, 15) is 9.59 Å². The number of allylic oxidation sites excluding steroid dienone is 3. The average Bonchev–Trinajstić information content (AvgIpc) is 3.51. The fraction of sp³-hybridized carbons (Fsp3) is 0.455. The smallest absolute Gasteiger partial charge is 0.310 e. The summed E-state index contributed by atoms with van der Waals surface area (Å²) in [7, 11) is 2.74. The van der Waals surface area contributed by atoms with Crippen LogP contribution in [0.2, 0.25) is 0 Å². The number of hydrogen-bond donors (Lipinski definition) is 0. The topological polar surface area (TPSA) is 52.6 Å². The first-order chi connectivity index (χ1) is 12.5. The van der Waals surface area contributed by atoms with E-state index in [1.807, 2.05) is 37.3 Å². The number of carbonyl (C=O) groups is 2. The third-order valence-electron chi connectivity index (χ3n) is 5.84. The summed E-state index contributed by atoms with van der Waals surface area (Å²) >= 11 is 0. The van der Waals surface area contributed by atoms with Crippen LogP contribution in [0.5, 0.6) is 0 Å². The molecule has 2 aliphatic carbocycles. The van der Waals surface area contributed by atoms with Crippen molar-refractivity contribution < 1.29 is 19.1 Å². The zero-order valence-electron chi connectivity index (χ0n) is 15.7. The lowest BCUT2D eigenvalue weighted by Crippen LogP contribution is -2.47. The highest BCUT2D eigenvalue weighted by Crippen LogP contribution is 2.61. The van der Waals surface area contributed by atoms with Crippen LogP contribution in [-0.4, -0.2) is 26.2 Å². The molecule has 0 radical (unpaired) electrons. The predicted molar refractivity (Wildman–Crippen MR) is 100 cm³/mol. The fourth-order valence-corrected chi connectivity index (χ4v) is 4.34. The number of methoxy groups -OCH3 is 2. The second kappa shape index (κ2) is 7.10. The van der Waals surface area contributed by atoms with E-state index in [1.54, 1.807) is 0 Å². The number of esters is 2. The molecule has 0 unspecified atom stereocenters. The molecule has 0 amide bonds. The minimum absolute atomic E-state index is 0.282. The molecule has 0 N–H and O–H groups in total. The summed E-state index contributed by atoms with van der Waals surface area (Å²) in [4.78, 5) is 25.3. The molecule has 0 aliphatic heterocycles. The minimum Gasteiger partial charge on any atom is -0.469 e. The van der Waals surface area contributed by atoms with Gasteiger partial charge in [0.1, 0.15) is 0 Å². The summed E-state index contributed by atoms with van der Waals surface area (Å²) in [6.45, 7) is 6.42. The van der Waals surface area contributed by atoms with E-state index in [4.69, 9.17) is 9.47 Å². The molecule has 138 valence electrons. The van der Waals surface area contributed by atoms with Crippen molar-refractivity contribution in [3.05, 3.63) is 54.1 Å². The Balaban J connectivity index is 2.12. The highest BCUT2D eigenvalue weighted by atomic mass is 16.5. The summed E-state index contributed by atoms with van der Waals surface area (Å²) < 4.78 is 10.1. The average molecular weight is 354 g/mol. The number of benzene rings is 1. The van der Waals surface area contributed by atoms with Gasteiger partial charge in [-0.1, -0.05) is 48.6 Å². The van der Waals surface area contributed by atoms with Crippen LogP contribution in [0.15, 0.2) is 43.0 Å². The summed E-state index contributed by atoms with van der Waals surface area (Å²) in [5, 5.41) is 0. The maximum absolute atomic E-state index is 12.8. The van der Waals surface area contributed by atoms with Crippen molar-refractivity contribution in [2.24, 2.45) is 23.2 Å². The van der Waals surface area contributed by atoms with Gasteiger partial charge in [-0.15, -0.1) is 0 Å². The van der Waals surface area contributed by atoms with Gasteiger partial charge in [0.25, 0.3) is 0 Å². The minimum atomic E-state index is -0.619. The van der Waals surface area contributed by atoms with E-state index in [-0.39, 0.29) is 17.9 Å². The van der Waals surface area contributed by atoms with E-state index in [2.05, 4.69) is 12.7 Å². The van der Waals surface area contributed by atoms with Gasteiger partial charge >= 0.3 is 11.9 Å². The van der Waals surface area contributed by atoms with Crippen LogP contribution in [0.3, 0.4) is 0 Å². The van der Waals surface area contributed by atoms with Gasteiger partial charge in [-0.25, -0.2) is 0 Å². The Labute approximate surface area is 154 Å². The number of rotatable bonds is 5. The highest BCUT2D eigenvalue weighted by molar-refractivity contribution is 5.88. The Hall–Kier alpha value is -2.36. The molecule has 0 saturated heterocycles. The Kier molecular flexibility index (Phi) is 5.03. The van der Waals surface area contributed by atoms with Crippen molar-refractivity contribution in [3.8, 4) is 0 Å². The molecule has 1 aromatic carbocycles. The molecule has 4 nitrogen and oxygen atoms in total. The van der Waals surface area contributed by atoms with Crippen LogP contribution in [0, 0.1) is 30.1 Å². The lowest BCUT2D eigenvalue weighted by Gasteiger charge is -2.44. The van der Waals surface area contributed by atoms with Crippen molar-refractivity contribution in [1.82, 2.24) is 0 Å². The lowest BCUT2D eigenvalue weighted by molar-refractivity contribution is -0.161. The van der Waals surface area contributed by atoms with E-state index in [1.165, 1.54) is 14.2 Å². The van der Waals surface area contributed by atoms with Gasteiger partial charge in [0, 0.05) is 5.41 Å². The Morgan fingerprint density at radius 3 is 2.23 bits per heavy atom. The van der Waals surface area contributed by atoms with E-state index < -0.39 is 17.3 Å². The van der Waals surface area contributed by atoms with Gasteiger partial charge in [0.2, 0.25) is 0 Å². The molecule has 1 aromatic rings. The third kappa shape index (κ3) is 2.98. The molecule has 0 spiro atoms. The van der Waals surface area contributed by atoms with Crippen LogP contribution in [0.1, 0.15) is 30.4 Å². The quantitative estimate of drug-likeness (QED) is 0.594. The molecule has 4 heteroatoms. The first-order valence-electron chi connectivity index (χ1n) is 9.05. The lowest BCUT2D eigenvalue weighted by atomic mass is 9.58. The molecule has 26 heavy (non-hydrogen) atoms. The zero-order valence-corrected chi connectivity index (χ0v) is 15.7. The Morgan fingerprint density at radius 2 is 1.69 bits per heavy atom. The monoisotopic (exact) mass is 354 g/mol. The summed E-state index contributed by atoms with van der Waals surface area (Å²) in [6.07, 6.45) is 6.59. The Morgan fingerprint density at radius 1 is 1.08 bits per heavy atom. The van der Waals surface area contributed by atoms with Crippen LogP contribution in [0.25, 0.3) is 5.57 Å². The van der Waals surface area contributed by atoms with Gasteiger partial charge in [-0.2, -0.15) is 0 Å². The zero-order chi connectivity index (χ0) is 18.9. The number of hydrogen-bond acceptors (Lipinski definition) is 4. The standard InChI is InChI=1S/C22H26O4/c1-14-7-9-16(10-8-14)15(2)22(17-11-12-17)13-5-6-18(20(23)25-3)19(22)21(24)26-4/h5,7-10,13,17-19H,2,6,11-12H2,1,3-4H3/t18-,19-,22-/m1/s1. The second-order valence-electron chi connectivity index (χ2n) is 7.32. The largest absolute Gasteiger partial charge is 0.469 e. The number of carbonyl (C=O) groups excluding carboxylic acids is 2. The summed E-state index contributed by atoms with van der Waals surface area (Å²) in [5.74, 6) is -1.63. The second-order valence-corrected chi connectivity index (χ2v) is 7.32. The van der Waals surface area contributed by atoms with Crippen molar-refractivity contribution in [2.45, 2.75) is 26.2 Å². The molecule has 0 aromatic heterocycles. The molecule has 3 atom stereocenters. The third-order valence-corrected chi connectivity index (χ3v) is 5.84. The van der Waals surface area contributed by atoms with Crippen molar-refractivity contribution in [1.29, 1.82) is 0 Å². The van der Waals surface area contributed by atoms with Gasteiger partial charge < -0.3 is 9.47 Å². The van der Waals surface area contributed by atoms with E-state index in [0.29, 0.717) is 6.42 Å². The van der Waals surface area contributed by atoms with Gasteiger partial charge in [-0.05, 0) is 43.2 Å². The van der Waals surface area contributed by atoms with Crippen molar-refractivity contribution in [3.63, 3.8) is 0 Å². The SMILES string of the molecule is C=C(c1ccc(C)cc1)[C@@]1(C2CC2)C=CC[C@@H](C(=O)OC)[C@@H]1C(=O)OC. The van der Waals surface area contributed by atoms with Gasteiger partial charge in [0.15, 0.2) is 0 Å². The first kappa shape index (κ1) is 18.4. The number of ether oxygens (including phenoxy) is 2. The maximum atomic E-state index is 12.8. The predicted octanol–water partition coefficient (Wildman–Crippen LogP) is 3.94.